The van der Waals surface area contributed by atoms with E-state index in [0.29, 0.717) is 22.6 Å². The maximum atomic E-state index is 13.0. The zero-order valence-corrected chi connectivity index (χ0v) is 17.6. The number of ketones is 2. The van der Waals surface area contributed by atoms with Gasteiger partial charge >= 0.3 is 0 Å². The number of anilines is 2. The number of fused-ring (bicyclic) bond motifs is 1. The fourth-order valence-corrected chi connectivity index (χ4v) is 4.58. The van der Waals surface area contributed by atoms with E-state index in [1.165, 1.54) is 0 Å². The lowest BCUT2D eigenvalue weighted by molar-refractivity contribution is -0.116. The van der Waals surface area contributed by atoms with Gasteiger partial charge in [-0.15, -0.1) is 0 Å². The molecule has 2 aliphatic rings. The highest BCUT2D eigenvalue weighted by molar-refractivity contribution is 6.31. The highest BCUT2D eigenvalue weighted by atomic mass is 35.5. The number of carbonyl (C=O) groups is 2. The largest absolute Gasteiger partial charge is 0.372 e. The molecule has 1 aliphatic carbocycles. The first-order valence-electron chi connectivity index (χ1n) is 10.4. The zero-order valence-electron chi connectivity index (χ0n) is 16.8. The fraction of sp³-hybridized carbons (Fsp3) is 0.154. The van der Waals surface area contributed by atoms with Gasteiger partial charge in [-0.2, -0.15) is 0 Å². The summed E-state index contributed by atoms with van der Waals surface area (Å²) in [5.74, 6) is 0.0885. The first-order chi connectivity index (χ1) is 15.1. The highest BCUT2D eigenvalue weighted by Crippen LogP contribution is 2.42. The summed E-state index contributed by atoms with van der Waals surface area (Å²) in [7, 11) is 0. The predicted octanol–water partition coefficient (Wildman–Crippen LogP) is 6.16. The van der Waals surface area contributed by atoms with Crippen LogP contribution in [0.5, 0.6) is 0 Å². The third-order valence-electron chi connectivity index (χ3n) is 5.86. The molecular formula is C26H21ClN2O2. The van der Waals surface area contributed by atoms with E-state index in [2.05, 4.69) is 10.6 Å². The summed E-state index contributed by atoms with van der Waals surface area (Å²) < 4.78 is 0. The third kappa shape index (κ3) is 3.64. The van der Waals surface area contributed by atoms with E-state index in [1.54, 1.807) is 0 Å². The van der Waals surface area contributed by atoms with Gasteiger partial charge in [0.25, 0.3) is 0 Å². The van der Waals surface area contributed by atoms with Crippen molar-refractivity contribution < 1.29 is 9.59 Å². The molecule has 0 radical (unpaired) electrons. The molecule has 4 nitrogen and oxygen atoms in total. The molecule has 1 aliphatic heterocycles. The summed E-state index contributed by atoms with van der Waals surface area (Å²) in [6.45, 7) is 0. The number of benzene rings is 3. The van der Waals surface area contributed by atoms with Crippen LogP contribution in [0.2, 0.25) is 5.02 Å². The minimum Gasteiger partial charge on any atom is -0.372 e. The van der Waals surface area contributed by atoms with Crippen molar-refractivity contribution in [1.29, 1.82) is 0 Å². The Morgan fingerprint density at radius 2 is 1.65 bits per heavy atom. The topological polar surface area (TPSA) is 58.2 Å². The number of hydrogen-bond acceptors (Lipinski definition) is 4. The lowest BCUT2D eigenvalue weighted by Gasteiger charge is -2.26. The summed E-state index contributed by atoms with van der Waals surface area (Å²) in [6.07, 6.45) is 2.11. The van der Waals surface area contributed by atoms with Crippen LogP contribution in [-0.2, 0) is 4.79 Å². The second kappa shape index (κ2) is 8.05. The van der Waals surface area contributed by atoms with Crippen LogP contribution in [0.15, 0.2) is 84.1 Å². The van der Waals surface area contributed by atoms with Crippen molar-refractivity contribution in [2.75, 3.05) is 10.6 Å². The van der Waals surface area contributed by atoms with E-state index in [4.69, 9.17) is 11.6 Å². The van der Waals surface area contributed by atoms with Crippen molar-refractivity contribution in [2.45, 2.75) is 25.3 Å². The minimum atomic E-state index is -0.346. The van der Waals surface area contributed by atoms with Crippen LogP contribution in [0, 0.1) is 0 Å². The van der Waals surface area contributed by atoms with Crippen LogP contribution in [0.4, 0.5) is 11.4 Å². The number of halogens is 1. The molecule has 0 saturated carbocycles. The molecule has 0 aromatic heterocycles. The van der Waals surface area contributed by atoms with E-state index in [9.17, 15) is 9.59 Å². The number of hydrogen-bond donors (Lipinski definition) is 2. The molecule has 1 atom stereocenters. The van der Waals surface area contributed by atoms with Gasteiger partial charge in [0.1, 0.15) is 0 Å². The van der Waals surface area contributed by atoms with E-state index < -0.39 is 0 Å². The van der Waals surface area contributed by atoms with E-state index in [-0.39, 0.29) is 17.6 Å². The predicted molar refractivity (Wildman–Crippen MR) is 124 cm³/mol. The quantitative estimate of drug-likeness (QED) is 0.491. The van der Waals surface area contributed by atoms with Crippen LogP contribution in [0.1, 0.15) is 46.8 Å². The summed E-state index contributed by atoms with van der Waals surface area (Å²) in [6, 6.07) is 22.1. The Bertz CT molecular complexity index is 1220. The molecule has 0 amide bonds. The molecular weight excluding hydrogens is 408 g/mol. The normalized spacial score (nSPS) is 17.7. The van der Waals surface area contributed by atoms with Crippen molar-refractivity contribution >= 4 is 34.5 Å². The highest BCUT2D eigenvalue weighted by Gasteiger charge is 2.33. The van der Waals surface area contributed by atoms with Crippen LogP contribution in [-0.4, -0.2) is 11.6 Å². The molecule has 1 unspecified atom stereocenters. The Morgan fingerprint density at radius 3 is 2.45 bits per heavy atom. The van der Waals surface area contributed by atoms with Crippen molar-refractivity contribution in [1.82, 2.24) is 0 Å². The smallest absolute Gasteiger partial charge is 0.193 e. The van der Waals surface area contributed by atoms with E-state index in [0.717, 1.165) is 41.1 Å². The molecule has 0 saturated heterocycles. The second-order valence-corrected chi connectivity index (χ2v) is 8.26. The van der Waals surface area contributed by atoms with Crippen LogP contribution >= 0.6 is 11.6 Å². The van der Waals surface area contributed by atoms with Gasteiger partial charge in [-0.05, 0) is 42.7 Å². The zero-order chi connectivity index (χ0) is 21.4. The molecule has 154 valence electrons. The Hall–Kier alpha value is -3.37. The molecule has 5 heteroatoms. The minimum absolute atomic E-state index is 0.0361. The third-order valence-corrected chi connectivity index (χ3v) is 6.21. The number of rotatable bonds is 3. The van der Waals surface area contributed by atoms with Crippen LogP contribution in [0.3, 0.4) is 0 Å². The number of allylic oxidation sites excluding steroid dienone is 1. The SMILES string of the molecule is O=C1CCCC2=C1C(c1ccccc1Cl)Nc1ccc(C(=O)c3ccccc3)cc1N2. The summed E-state index contributed by atoms with van der Waals surface area (Å²) >= 11 is 6.51. The van der Waals surface area contributed by atoms with Gasteiger partial charge in [-0.1, -0.05) is 60.1 Å². The van der Waals surface area contributed by atoms with Crippen molar-refractivity contribution in [3.63, 3.8) is 0 Å². The maximum absolute atomic E-state index is 13.0. The number of nitrogens with one attached hydrogen (secondary N) is 2. The molecule has 1 heterocycles. The standard InChI is InChI=1S/C26H21ClN2O2/c27-19-10-5-4-9-18(19)25-24-21(11-6-12-23(24)30)28-22-15-17(13-14-20(22)29-25)26(31)16-7-2-1-3-8-16/h1-5,7-10,13-15,25,28-29H,6,11-12H2. The lowest BCUT2D eigenvalue weighted by Crippen LogP contribution is -2.23. The van der Waals surface area contributed by atoms with Crippen LogP contribution < -0.4 is 10.6 Å². The first-order valence-corrected chi connectivity index (χ1v) is 10.8. The lowest BCUT2D eigenvalue weighted by atomic mass is 9.86. The fourth-order valence-electron chi connectivity index (χ4n) is 4.33. The average Bonchev–Trinajstić information content (AvgIpc) is 2.96. The van der Waals surface area contributed by atoms with Gasteiger partial charge in [-0.3, -0.25) is 9.59 Å². The molecule has 3 aromatic rings. The Kier molecular flexibility index (Phi) is 5.08. The molecule has 0 bridgehead atoms. The van der Waals surface area contributed by atoms with Crippen LogP contribution in [0.25, 0.3) is 0 Å². The van der Waals surface area contributed by atoms with E-state index >= 15 is 0 Å². The average molecular weight is 429 g/mol. The van der Waals surface area contributed by atoms with Gasteiger partial charge in [0.15, 0.2) is 11.6 Å². The first kappa shape index (κ1) is 19.6. The maximum Gasteiger partial charge on any atom is 0.193 e. The monoisotopic (exact) mass is 428 g/mol. The van der Waals surface area contributed by atoms with Crippen molar-refractivity contribution in [3.8, 4) is 0 Å². The molecule has 0 spiro atoms. The van der Waals surface area contributed by atoms with Crippen molar-refractivity contribution in [3.05, 3.63) is 106 Å². The summed E-state index contributed by atoms with van der Waals surface area (Å²) in [5, 5.41) is 7.59. The van der Waals surface area contributed by atoms with E-state index in [1.807, 2.05) is 72.8 Å². The summed E-state index contributed by atoms with van der Waals surface area (Å²) in [4.78, 5) is 25.9. The summed E-state index contributed by atoms with van der Waals surface area (Å²) in [5.41, 5.74) is 5.36. The van der Waals surface area contributed by atoms with Gasteiger partial charge in [0, 0.05) is 33.8 Å². The number of Topliss-reactive ketones (excluding diaryl/α,β-unsaturated/α-hetero) is 1. The van der Waals surface area contributed by atoms with Gasteiger partial charge in [0.05, 0.1) is 17.4 Å². The van der Waals surface area contributed by atoms with Gasteiger partial charge in [0.2, 0.25) is 0 Å². The second-order valence-electron chi connectivity index (χ2n) is 7.85. The van der Waals surface area contributed by atoms with Gasteiger partial charge in [-0.25, -0.2) is 0 Å². The Morgan fingerprint density at radius 1 is 0.871 bits per heavy atom. The number of carbonyl (C=O) groups excluding carboxylic acids is 2. The van der Waals surface area contributed by atoms with Crippen molar-refractivity contribution in [2.24, 2.45) is 0 Å². The molecule has 5 rings (SSSR count). The Balaban J connectivity index is 1.60. The molecule has 3 aromatic carbocycles. The molecule has 2 N–H and O–H groups in total. The Labute approximate surface area is 185 Å². The van der Waals surface area contributed by atoms with Gasteiger partial charge < -0.3 is 10.6 Å². The molecule has 0 fully saturated rings. The molecule has 31 heavy (non-hydrogen) atoms.